The molecule has 0 radical (unpaired) electrons. The van der Waals surface area contributed by atoms with Crippen LogP contribution in [-0.2, 0) is 0 Å². The molecule has 3 nitrogen and oxygen atoms in total. The van der Waals surface area contributed by atoms with Crippen molar-refractivity contribution in [3.8, 4) is 17.6 Å². The van der Waals surface area contributed by atoms with Crippen LogP contribution < -0.4 is 16.2 Å². The molecule has 0 saturated carbocycles. The summed E-state index contributed by atoms with van der Waals surface area (Å²) < 4.78 is 5.03. The third kappa shape index (κ3) is 2.68. The first kappa shape index (κ1) is 10.4. The van der Waals surface area contributed by atoms with Crippen molar-refractivity contribution in [2.24, 2.45) is 5.73 Å². The third-order valence-corrected chi connectivity index (χ3v) is 1.73. The van der Waals surface area contributed by atoms with Gasteiger partial charge in [0.15, 0.2) is 0 Å². The number of hydrogen-bond acceptors (Lipinski definition) is 3. The van der Waals surface area contributed by atoms with Crippen molar-refractivity contribution in [2.75, 3.05) is 19.4 Å². The maximum atomic E-state index is 5.72. The van der Waals surface area contributed by atoms with Gasteiger partial charge in [-0.1, -0.05) is 11.8 Å². The van der Waals surface area contributed by atoms with Gasteiger partial charge in [-0.25, -0.2) is 0 Å². The number of nitrogens with two attached hydrogens (primary N) is 2. The van der Waals surface area contributed by atoms with Gasteiger partial charge in [0.1, 0.15) is 5.75 Å². The lowest BCUT2D eigenvalue weighted by Gasteiger charge is -2.03. The summed E-state index contributed by atoms with van der Waals surface area (Å²) in [5.74, 6) is 6.59. The molecule has 0 fully saturated rings. The van der Waals surface area contributed by atoms with E-state index in [2.05, 4.69) is 11.8 Å². The minimum absolute atomic E-state index is 0.582. The van der Waals surface area contributed by atoms with Crippen LogP contribution in [0.3, 0.4) is 0 Å². The summed E-state index contributed by atoms with van der Waals surface area (Å²) in [6.45, 7) is 0.582. The lowest BCUT2D eigenvalue weighted by atomic mass is 10.2. The summed E-state index contributed by atoms with van der Waals surface area (Å²) in [5.41, 5.74) is 12.5. The van der Waals surface area contributed by atoms with Crippen LogP contribution in [0, 0.1) is 11.8 Å². The number of ether oxygens (including phenoxy) is 1. The van der Waals surface area contributed by atoms with Crippen molar-refractivity contribution in [1.29, 1.82) is 0 Å². The summed E-state index contributed by atoms with van der Waals surface area (Å²) >= 11 is 0. The van der Waals surface area contributed by atoms with Gasteiger partial charge < -0.3 is 16.2 Å². The Balaban J connectivity index is 2.82. The second-order valence-electron chi connectivity index (χ2n) is 2.80. The van der Waals surface area contributed by atoms with Crippen LogP contribution in [0.15, 0.2) is 18.2 Å². The molecular weight excluding hydrogens is 176 g/mol. The summed E-state index contributed by atoms with van der Waals surface area (Å²) in [6.07, 6.45) is 0.700. The molecule has 0 saturated heterocycles. The van der Waals surface area contributed by atoms with E-state index in [4.69, 9.17) is 16.2 Å². The Bertz CT molecular complexity index is 363. The second-order valence-corrected chi connectivity index (χ2v) is 2.80. The molecule has 0 heterocycles. The van der Waals surface area contributed by atoms with Crippen LogP contribution in [0.4, 0.5) is 5.69 Å². The Kier molecular flexibility index (Phi) is 3.84. The number of anilines is 1. The first-order valence-corrected chi connectivity index (χ1v) is 4.40. The third-order valence-electron chi connectivity index (χ3n) is 1.73. The molecule has 0 atom stereocenters. The van der Waals surface area contributed by atoms with Gasteiger partial charge in [0, 0.05) is 18.5 Å². The van der Waals surface area contributed by atoms with Crippen LogP contribution in [0.1, 0.15) is 12.0 Å². The van der Waals surface area contributed by atoms with Crippen molar-refractivity contribution in [3.05, 3.63) is 23.8 Å². The topological polar surface area (TPSA) is 61.3 Å². The van der Waals surface area contributed by atoms with Gasteiger partial charge >= 0.3 is 0 Å². The van der Waals surface area contributed by atoms with Crippen LogP contribution in [0.25, 0.3) is 0 Å². The van der Waals surface area contributed by atoms with E-state index < -0.39 is 0 Å². The van der Waals surface area contributed by atoms with E-state index in [0.29, 0.717) is 24.4 Å². The highest BCUT2D eigenvalue weighted by atomic mass is 16.5. The molecule has 4 N–H and O–H groups in total. The fourth-order valence-electron chi connectivity index (χ4n) is 1.05. The standard InChI is InChI=1S/C11H14N2O/c1-14-11-6-5-9(8-10(11)13)4-2-3-7-12/h5-6,8H,3,7,12-13H2,1H3. The Labute approximate surface area is 84.0 Å². The molecule has 74 valence electrons. The number of hydrogen-bond donors (Lipinski definition) is 2. The maximum Gasteiger partial charge on any atom is 0.141 e. The van der Waals surface area contributed by atoms with E-state index in [1.54, 1.807) is 13.2 Å². The van der Waals surface area contributed by atoms with Gasteiger partial charge in [-0.15, -0.1) is 0 Å². The second kappa shape index (κ2) is 5.15. The molecule has 1 rings (SSSR count). The first-order chi connectivity index (χ1) is 6.77. The number of benzene rings is 1. The molecular formula is C11H14N2O. The summed E-state index contributed by atoms with van der Waals surface area (Å²) in [7, 11) is 1.59. The molecule has 0 spiro atoms. The molecule has 0 aliphatic rings. The van der Waals surface area contributed by atoms with Crippen LogP contribution in [0.5, 0.6) is 5.75 Å². The van der Waals surface area contributed by atoms with Gasteiger partial charge in [0.05, 0.1) is 12.8 Å². The molecule has 0 amide bonds. The highest BCUT2D eigenvalue weighted by Crippen LogP contribution is 2.21. The average Bonchev–Trinajstić information content (AvgIpc) is 2.18. The fraction of sp³-hybridized carbons (Fsp3) is 0.273. The highest BCUT2D eigenvalue weighted by Gasteiger charge is 1.97. The predicted octanol–water partition coefficient (Wildman–Crippen LogP) is 0.978. The van der Waals surface area contributed by atoms with Gasteiger partial charge in [-0.05, 0) is 18.2 Å². The number of methoxy groups -OCH3 is 1. The minimum Gasteiger partial charge on any atom is -0.495 e. The lowest BCUT2D eigenvalue weighted by Crippen LogP contribution is -1.95. The van der Waals surface area contributed by atoms with E-state index in [9.17, 15) is 0 Å². The quantitative estimate of drug-likeness (QED) is 0.539. The van der Waals surface area contributed by atoms with E-state index in [-0.39, 0.29) is 0 Å². The Morgan fingerprint density at radius 2 is 2.21 bits per heavy atom. The fourth-order valence-corrected chi connectivity index (χ4v) is 1.05. The van der Waals surface area contributed by atoms with Gasteiger partial charge in [-0.2, -0.15) is 0 Å². The molecule has 14 heavy (non-hydrogen) atoms. The molecule has 0 aliphatic heterocycles. The van der Waals surface area contributed by atoms with Crippen molar-refractivity contribution >= 4 is 5.69 Å². The Hall–Kier alpha value is -1.66. The number of rotatable bonds is 2. The lowest BCUT2D eigenvalue weighted by molar-refractivity contribution is 0.417. The zero-order valence-corrected chi connectivity index (χ0v) is 8.21. The van der Waals surface area contributed by atoms with Crippen molar-refractivity contribution in [3.63, 3.8) is 0 Å². The van der Waals surface area contributed by atoms with Crippen LogP contribution >= 0.6 is 0 Å². The van der Waals surface area contributed by atoms with Gasteiger partial charge in [0.25, 0.3) is 0 Å². The molecule has 0 aliphatic carbocycles. The monoisotopic (exact) mass is 190 g/mol. The van der Waals surface area contributed by atoms with Crippen LogP contribution in [-0.4, -0.2) is 13.7 Å². The van der Waals surface area contributed by atoms with E-state index in [0.717, 1.165) is 5.56 Å². The zero-order chi connectivity index (χ0) is 10.4. The first-order valence-electron chi connectivity index (χ1n) is 4.40. The summed E-state index contributed by atoms with van der Waals surface area (Å²) in [5, 5.41) is 0. The summed E-state index contributed by atoms with van der Waals surface area (Å²) in [4.78, 5) is 0. The Morgan fingerprint density at radius 1 is 1.43 bits per heavy atom. The van der Waals surface area contributed by atoms with Crippen molar-refractivity contribution in [1.82, 2.24) is 0 Å². The zero-order valence-electron chi connectivity index (χ0n) is 8.21. The van der Waals surface area contributed by atoms with Gasteiger partial charge in [-0.3, -0.25) is 0 Å². The predicted molar refractivity (Wildman–Crippen MR) is 58.0 cm³/mol. The number of nitrogen functional groups attached to an aromatic ring is 1. The largest absolute Gasteiger partial charge is 0.495 e. The molecule has 0 aromatic heterocycles. The van der Waals surface area contributed by atoms with E-state index >= 15 is 0 Å². The SMILES string of the molecule is COc1ccc(C#CCCN)cc1N. The molecule has 1 aromatic carbocycles. The average molecular weight is 190 g/mol. The highest BCUT2D eigenvalue weighted by molar-refractivity contribution is 5.57. The normalized spacial score (nSPS) is 9.00. The smallest absolute Gasteiger partial charge is 0.141 e. The van der Waals surface area contributed by atoms with Crippen molar-refractivity contribution in [2.45, 2.75) is 6.42 Å². The summed E-state index contributed by atoms with van der Waals surface area (Å²) in [6, 6.07) is 5.48. The Morgan fingerprint density at radius 3 is 2.79 bits per heavy atom. The molecule has 0 unspecified atom stereocenters. The molecule has 1 aromatic rings. The van der Waals surface area contributed by atoms with Crippen molar-refractivity contribution < 1.29 is 4.74 Å². The van der Waals surface area contributed by atoms with Crippen LogP contribution in [0.2, 0.25) is 0 Å². The van der Waals surface area contributed by atoms with E-state index in [1.165, 1.54) is 0 Å². The molecule has 0 bridgehead atoms. The molecule has 3 heteroatoms. The van der Waals surface area contributed by atoms with Gasteiger partial charge in [0.2, 0.25) is 0 Å². The maximum absolute atomic E-state index is 5.72. The van der Waals surface area contributed by atoms with E-state index in [1.807, 2.05) is 12.1 Å². The minimum atomic E-state index is 0.582.